The number of anilines is 1. The van der Waals surface area contributed by atoms with Gasteiger partial charge < -0.3 is 20.3 Å². The molecule has 0 radical (unpaired) electrons. The predicted octanol–water partition coefficient (Wildman–Crippen LogP) is 3.49. The van der Waals surface area contributed by atoms with Crippen molar-refractivity contribution in [1.82, 2.24) is 10.2 Å². The maximum absolute atomic E-state index is 12.9. The van der Waals surface area contributed by atoms with Crippen LogP contribution in [-0.4, -0.2) is 55.0 Å². The van der Waals surface area contributed by atoms with Crippen molar-refractivity contribution in [3.63, 3.8) is 0 Å². The molecule has 7 heteroatoms. The Bertz CT molecular complexity index is 1020. The SMILES string of the molecule is O=C(NCC1CCCO1)c1ccccc1NC(=O)C1CCN(C(=O)/C=C/c2ccccc2)CC1. The molecule has 2 aliphatic rings. The zero-order chi connectivity index (χ0) is 23.8. The molecule has 2 fully saturated rings. The van der Waals surface area contributed by atoms with Gasteiger partial charge in [0.05, 0.1) is 17.4 Å². The van der Waals surface area contributed by atoms with E-state index in [1.807, 2.05) is 36.4 Å². The largest absolute Gasteiger partial charge is 0.376 e. The van der Waals surface area contributed by atoms with Crippen LogP contribution in [0.2, 0.25) is 0 Å². The van der Waals surface area contributed by atoms with E-state index in [2.05, 4.69) is 10.6 Å². The van der Waals surface area contributed by atoms with E-state index in [1.165, 1.54) is 0 Å². The molecule has 0 bridgehead atoms. The molecule has 2 heterocycles. The van der Waals surface area contributed by atoms with E-state index in [0.717, 1.165) is 25.0 Å². The minimum Gasteiger partial charge on any atom is -0.376 e. The van der Waals surface area contributed by atoms with Crippen molar-refractivity contribution in [3.05, 3.63) is 71.8 Å². The molecule has 1 atom stereocenters. The first-order chi connectivity index (χ1) is 16.6. The van der Waals surface area contributed by atoms with E-state index >= 15 is 0 Å². The van der Waals surface area contributed by atoms with Gasteiger partial charge in [-0.2, -0.15) is 0 Å². The highest BCUT2D eigenvalue weighted by Gasteiger charge is 2.27. The molecule has 4 rings (SSSR count). The van der Waals surface area contributed by atoms with E-state index in [0.29, 0.717) is 43.7 Å². The van der Waals surface area contributed by atoms with Crippen LogP contribution in [0, 0.1) is 5.92 Å². The van der Waals surface area contributed by atoms with Gasteiger partial charge in [-0.1, -0.05) is 42.5 Å². The average Bonchev–Trinajstić information content (AvgIpc) is 3.41. The number of hydrogen-bond acceptors (Lipinski definition) is 4. The van der Waals surface area contributed by atoms with Crippen LogP contribution in [0.4, 0.5) is 5.69 Å². The summed E-state index contributed by atoms with van der Waals surface area (Å²) < 4.78 is 5.56. The molecule has 34 heavy (non-hydrogen) atoms. The molecule has 178 valence electrons. The van der Waals surface area contributed by atoms with E-state index < -0.39 is 0 Å². The minimum absolute atomic E-state index is 0.0454. The zero-order valence-corrected chi connectivity index (χ0v) is 19.2. The third-order valence-electron chi connectivity index (χ3n) is 6.34. The molecule has 2 aromatic carbocycles. The van der Waals surface area contributed by atoms with Gasteiger partial charge in [0, 0.05) is 38.2 Å². The number of carbonyl (C=O) groups is 3. The summed E-state index contributed by atoms with van der Waals surface area (Å²) in [5.74, 6) is -0.593. The van der Waals surface area contributed by atoms with Crippen molar-refractivity contribution in [2.24, 2.45) is 5.92 Å². The van der Waals surface area contributed by atoms with Gasteiger partial charge in [-0.25, -0.2) is 0 Å². The Balaban J connectivity index is 1.28. The Hall–Kier alpha value is -3.45. The third kappa shape index (κ3) is 6.32. The lowest BCUT2D eigenvalue weighted by Crippen LogP contribution is -2.41. The summed E-state index contributed by atoms with van der Waals surface area (Å²) in [6, 6.07) is 16.7. The lowest BCUT2D eigenvalue weighted by molar-refractivity contribution is -0.130. The van der Waals surface area contributed by atoms with E-state index in [-0.39, 0.29) is 29.7 Å². The van der Waals surface area contributed by atoms with E-state index in [9.17, 15) is 14.4 Å². The zero-order valence-electron chi connectivity index (χ0n) is 19.2. The summed E-state index contributed by atoms with van der Waals surface area (Å²) in [5, 5.41) is 5.84. The Morgan fingerprint density at radius 2 is 1.71 bits per heavy atom. The summed E-state index contributed by atoms with van der Waals surface area (Å²) in [6.45, 7) is 2.26. The maximum Gasteiger partial charge on any atom is 0.253 e. The highest BCUT2D eigenvalue weighted by atomic mass is 16.5. The molecule has 2 N–H and O–H groups in total. The van der Waals surface area contributed by atoms with Gasteiger partial charge in [-0.05, 0) is 49.5 Å². The van der Waals surface area contributed by atoms with Crippen LogP contribution in [0.5, 0.6) is 0 Å². The molecule has 0 aromatic heterocycles. The fourth-order valence-corrected chi connectivity index (χ4v) is 4.33. The van der Waals surface area contributed by atoms with Crippen molar-refractivity contribution in [1.29, 1.82) is 0 Å². The maximum atomic E-state index is 12.9. The second-order valence-corrected chi connectivity index (χ2v) is 8.72. The summed E-state index contributed by atoms with van der Waals surface area (Å²) in [7, 11) is 0. The second-order valence-electron chi connectivity index (χ2n) is 8.72. The Labute approximate surface area is 200 Å². The van der Waals surface area contributed by atoms with Crippen molar-refractivity contribution in [2.45, 2.75) is 31.8 Å². The van der Waals surface area contributed by atoms with Crippen molar-refractivity contribution < 1.29 is 19.1 Å². The van der Waals surface area contributed by atoms with Gasteiger partial charge >= 0.3 is 0 Å². The number of likely N-dealkylation sites (tertiary alicyclic amines) is 1. The summed E-state index contributed by atoms with van der Waals surface area (Å²) in [6.07, 6.45) is 6.58. The van der Waals surface area contributed by atoms with Crippen molar-refractivity contribution in [2.75, 3.05) is 31.6 Å². The van der Waals surface area contributed by atoms with Gasteiger partial charge in [-0.15, -0.1) is 0 Å². The van der Waals surface area contributed by atoms with Crippen LogP contribution >= 0.6 is 0 Å². The molecule has 0 saturated carbocycles. The standard InChI is InChI=1S/C27H31N3O4/c31-25(13-12-20-7-2-1-3-8-20)30-16-14-21(15-17-30)26(32)29-24-11-5-4-10-23(24)27(33)28-19-22-9-6-18-34-22/h1-5,7-8,10-13,21-22H,6,9,14-19H2,(H,28,33)(H,29,32)/b13-12+. The first-order valence-corrected chi connectivity index (χ1v) is 11.9. The number of amides is 3. The van der Waals surface area contributed by atoms with Gasteiger partial charge in [0.15, 0.2) is 0 Å². The fourth-order valence-electron chi connectivity index (χ4n) is 4.33. The van der Waals surface area contributed by atoms with Crippen molar-refractivity contribution in [3.8, 4) is 0 Å². The van der Waals surface area contributed by atoms with E-state index in [1.54, 1.807) is 35.2 Å². The number of nitrogens with zero attached hydrogens (tertiary/aromatic N) is 1. The van der Waals surface area contributed by atoms with Gasteiger partial charge in [-0.3, -0.25) is 14.4 Å². The smallest absolute Gasteiger partial charge is 0.253 e. The molecule has 0 spiro atoms. The summed E-state index contributed by atoms with van der Waals surface area (Å²) in [4.78, 5) is 39.9. The van der Waals surface area contributed by atoms with E-state index in [4.69, 9.17) is 4.74 Å². The molecule has 2 saturated heterocycles. The first kappa shape index (κ1) is 23.7. The fraction of sp³-hybridized carbons (Fsp3) is 0.370. The normalized spacial score (nSPS) is 18.7. The molecular weight excluding hydrogens is 430 g/mol. The van der Waals surface area contributed by atoms with Crippen LogP contribution in [0.3, 0.4) is 0 Å². The number of piperidine rings is 1. The number of ether oxygens (including phenoxy) is 1. The first-order valence-electron chi connectivity index (χ1n) is 11.9. The number of para-hydroxylation sites is 1. The molecule has 2 aliphatic heterocycles. The lowest BCUT2D eigenvalue weighted by Gasteiger charge is -2.30. The summed E-state index contributed by atoms with van der Waals surface area (Å²) in [5.41, 5.74) is 1.91. The molecule has 3 amide bonds. The number of nitrogens with one attached hydrogen (secondary N) is 2. The highest BCUT2D eigenvalue weighted by Crippen LogP contribution is 2.22. The van der Waals surface area contributed by atoms with Crippen molar-refractivity contribution >= 4 is 29.5 Å². The molecule has 0 aliphatic carbocycles. The van der Waals surface area contributed by atoms with Gasteiger partial charge in [0.2, 0.25) is 11.8 Å². The Morgan fingerprint density at radius 3 is 2.44 bits per heavy atom. The number of carbonyl (C=O) groups excluding carboxylic acids is 3. The van der Waals surface area contributed by atoms with Crippen LogP contribution < -0.4 is 10.6 Å². The molecule has 2 aromatic rings. The molecular formula is C27H31N3O4. The van der Waals surface area contributed by atoms with Crippen LogP contribution in [0.15, 0.2) is 60.7 Å². The minimum atomic E-state index is -0.225. The van der Waals surface area contributed by atoms with Gasteiger partial charge in [0.25, 0.3) is 5.91 Å². The number of hydrogen-bond donors (Lipinski definition) is 2. The Morgan fingerprint density at radius 1 is 0.971 bits per heavy atom. The number of benzene rings is 2. The van der Waals surface area contributed by atoms with Gasteiger partial charge in [0.1, 0.15) is 0 Å². The highest BCUT2D eigenvalue weighted by molar-refractivity contribution is 6.04. The lowest BCUT2D eigenvalue weighted by atomic mass is 9.95. The summed E-state index contributed by atoms with van der Waals surface area (Å²) >= 11 is 0. The Kier molecular flexibility index (Phi) is 8.09. The van der Waals surface area contributed by atoms with Crippen LogP contribution in [0.25, 0.3) is 6.08 Å². The quantitative estimate of drug-likeness (QED) is 0.618. The van der Waals surface area contributed by atoms with Crippen LogP contribution in [-0.2, 0) is 14.3 Å². The topological polar surface area (TPSA) is 87.7 Å². The predicted molar refractivity (Wildman–Crippen MR) is 131 cm³/mol. The average molecular weight is 462 g/mol. The van der Waals surface area contributed by atoms with Crippen LogP contribution in [0.1, 0.15) is 41.6 Å². The third-order valence-corrected chi connectivity index (χ3v) is 6.34. The molecule has 7 nitrogen and oxygen atoms in total. The second kappa shape index (κ2) is 11.6. The monoisotopic (exact) mass is 461 g/mol. The molecule has 1 unspecified atom stereocenters. The number of rotatable bonds is 7.